The number of rotatable bonds is 5. The molecule has 0 atom stereocenters. The minimum atomic E-state index is -0.285. The van der Waals surface area contributed by atoms with Crippen molar-refractivity contribution in [3.05, 3.63) is 24.0 Å². The number of carbonyl (C=O) groups excluding carboxylic acids is 1. The second-order valence-electron chi connectivity index (χ2n) is 4.17. The van der Waals surface area contributed by atoms with E-state index in [1.54, 1.807) is 26.2 Å². The Labute approximate surface area is 112 Å². The molecule has 18 heavy (non-hydrogen) atoms. The molecule has 1 aromatic rings. The zero-order chi connectivity index (χ0) is 13.5. The number of anilines is 1. The van der Waals surface area contributed by atoms with E-state index in [0.717, 1.165) is 18.6 Å². The van der Waals surface area contributed by atoms with Crippen LogP contribution in [0.3, 0.4) is 0 Å². The highest BCUT2D eigenvalue weighted by atomic mass is 32.2. The lowest BCUT2D eigenvalue weighted by atomic mass is 10.3. The number of halogens is 1. The predicted octanol–water partition coefficient (Wildman–Crippen LogP) is 3.81. The van der Waals surface area contributed by atoms with Crippen molar-refractivity contribution in [2.24, 2.45) is 0 Å². The fourth-order valence-electron chi connectivity index (χ4n) is 1.26. The number of carbonyl (C=O) groups is 1. The van der Waals surface area contributed by atoms with Gasteiger partial charge >= 0.3 is 6.03 Å². The van der Waals surface area contributed by atoms with Crippen LogP contribution >= 0.6 is 11.8 Å². The van der Waals surface area contributed by atoms with Gasteiger partial charge in [-0.2, -0.15) is 0 Å². The summed E-state index contributed by atoms with van der Waals surface area (Å²) >= 11 is 1.51. The first-order valence-electron chi connectivity index (χ1n) is 5.95. The molecule has 0 saturated carbocycles. The summed E-state index contributed by atoms with van der Waals surface area (Å²) in [6.45, 7) is 2.11. The first kappa shape index (κ1) is 14.8. The Morgan fingerprint density at radius 3 is 2.72 bits per heavy atom. The molecule has 0 aromatic heterocycles. The van der Waals surface area contributed by atoms with Gasteiger partial charge in [0.2, 0.25) is 0 Å². The average Bonchev–Trinajstić information content (AvgIpc) is 2.32. The number of hydrogen-bond acceptors (Lipinski definition) is 2. The Morgan fingerprint density at radius 1 is 1.44 bits per heavy atom. The normalized spacial score (nSPS) is 10.2. The molecule has 1 rings (SSSR count). The molecule has 0 saturated heterocycles. The molecular weight excluding hydrogens is 251 g/mol. The summed E-state index contributed by atoms with van der Waals surface area (Å²) in [5, 5.41) is 2.61. The molecule has 0 heterocycles. The van der Waals surface area contributed by atoms with Crippen LogP contribution in [0.2, 0.25) is 0 Å². The fraction of sp³-hybridized carbons (Fsp3) is 0.462. The van der Waals surface area contributed by atoms with Gasteiger partial charge in [-0.3, -0.25) is 0 Å². The lowest BCUT2D eigenvalue weighted by Gasteiger charge is -2.12. The smallest absolute Gasteiger partial charge is 0.321 e. The first-order chi connectivity index (χ1) is 8.54. The Bertz CT molecular complexity index is 410. The van der Waals surface area contributed by atoms with Gasteiger partial charge in [-0.15, -0.1) is 11.8 Å². The van der Waals surface area contributed by atoms with Crippen LogP contribution in [-0.4, -0.2) is 30.8 Å². The lowest BCUT2D eigenvalue weighted by Crippen LogP contribution is -2.27. The van der Waals surface area contributed by atoms with E-state index >= 15 is 0 Å². The van der Waals surface area contributed by atoms with Crippen molar-refractivity contribution in [2.45, 2.75) is 24.7 Å². The number of urea groups is 1. The van der Waals surface area contributed by atoms with Crippen LogP contribution in [0, 0.1) is 5.82 Å². The largest absolute Gasteiger partial charge is 0.331 e. The predicted molar refractivity (Wildman–Crippen MR) is 74.7 cm³/mol. The van der Waals surface area contributed by atoms with Gasteiger partial charge in [0.25, 0.3) is 0 Å². The molecule has 0 radical (unpaired) electrons. The highest BCUT2D eigenvalue weighted by Gasteiger charge is 2.07. The summed E-state index contributed by atoms with van der Waals surface area (Å²) in [6, 6.07) is 4.52. The van der Waals surface area contributed by atoms with Crippen molar-refractivity contribution in [2.75, 3.05) is 25.2 Å². The van der Waals surface area contributed by atoms with Gasteiger partial charge in [-0.1, -0.05) is 13.3 Å². The van der Waals surface area contributed by atoms with Crippen LogP contribution in [0.4, 0.5) is 14.9 Å². The van der Waals surface area contributed by atoms with Crippen molar-refractivity contribution < 1.29 is 9.18 Å². The Hall–Kier alpha value is -1.23. The van der Waals surface area contributed by atoms with E-state index in [1.807, 2.05) is 0 Å². The van der Waals surface area contributed by atoms with E-state index in [9.17, 15) is 9.18 Å². The van der Waals surface area contributed by atoms with Gasteiger partial charge in [0.05, 0.1) is 0 Å². The van der Waals surface area contributed by atoms with Crippen molar-refractivity contribution in [3.63, 3.8) is 0 Å². The molecular formula is C13H19FN2OS. The molecule has 100 valence electrons. The molecule has 0 bridgehead atoms. The van der Waals surface area contributed by atoms with E-state index in [4.69, 9.17) is 0 Å². The SMILES string of the molecule is CCCCSc1ccc(NC(=O)N(C)C)cc1F. The Kier molecular flexibility index (Phi) is 5.98. The molecule has 3 nitrogen and oxygen atoms in total. The van der Waals surface area contributed by atoms with Crippen molar-refractivity contribution in [1.29, 1.82) is 0 Å². The molecule has 1 N–H and O–H groups in total. The van der Waals surface area contributed by atoms with Gasteiger partial charge < -0.3 is 10.2 Å². The van der Waals surface area contributed by atoms with Gasteiger partial charge in [0.1, 0.15) is 5.82 Å². The van der Waals surface area contributed by atoms with Crippen LogP contribution in [-0.2, 0) is 0 Å². The highest BCUT2D eigenvalue weighted by Crippen LogP contribution is 2.25. The fourth-order valence-corrected chi connectivity index (χ4v) is 2.27. The summed E-state index contributed by atoms with van der Waals surface area (Å²) < 4.78 is 13.7. The van der Waals surface area contributed by atoms with Crippen molar-refractivity contribution >= 4 is 23.5 Å². The first-order valence-corrected chi connectivity index (χ1v) is 6.93. The maximum absolute atomic E-state index is 13.7. The second-order valence-corrected chi connectivity index (χ2v) is 5.31. The summed E-state index contributed by atoms with van der Waals surface area (Å²) in [6.07, 6.45) is 2.18. The monoisotopic (exact) mass is 270 g/mol. The average molecular weight is 270 g/mol. The van der Waals surface area contributed by atoms with Crippen LogP contribution in [0.15, 0.2) is 23.1 Å². The number of nitrogens with one attached hydrogen (secondary N) is 1. The summed E-state index contributed by atoms with van der Waals surface area (Å²) in [7, 11) is 3.28. The molecule has 2 amide bonds. The molecule has 1 aromatic carbocycles. The van der Waals surface area contributed by atoms with E-state index in [2.05, 4.69) is 12.2 Å². The summed E-state index contributed by atoms with van der Waals surface area (Å²) in [5.74, 6) is 0.629. The molecule has 5 heteroatoms. The Morgan fingerprint density at radius 2 is 2.17 bits per heavy atom. The quantitative estimate of drug-likeness (QED) is 0.652. The molecule has 0 aliphatic carbocycles. The van der Waals surface area contributed by atoms with Crippen LogP contribution in [0.25, 0.3) is 0 Å². The van der Waals surface area contributed by atoms with Gasteiger partial charge in [-0.25, -0.2) is 9.18 Å². The third-order valence-electron chi connectivity index (χ3n) is 2.34. The number of nitrogens with zero attached hydrogens (tertiary/aromatic N) is 1. The van der Waals surface area contributed by atoms with Crippen LogP contribution in [0.1, 0.15) is 19.8 Å². The molecule has 0 spiro atoms. The van der Waals surface area contributed by atoms with Crippen LogP contribution in [0.5, 0.6) is 0 Å². The van der Waals surface area contributed by atoms with Gasteiger partial charge in [0.15, 0.2) is 0 Å². The molecule has 0 fully saturated rings. The lowest BCUT2D eigenvalue weighted by molar-refractivity contribution is 0.230. The van der Waals surface area contributed by atoms with E-state index in [0.29, 0.717) is 10.6 Å². The molecule has 0 aliphatic heterocycles. The maximum Gasteiger partial charge on any atom is 0.321 e. The molecule has 0 aliphatic rings. The highest BCUT2D eigenvalue weighted by molar-refractivity contribution is 7.99. The second kappa shape index (κ2) is 7.26. The van der Waals surface area contributed by atoms with E-state index in [-0.39, 0.29) is 11.8 Å². The summed E-state index contributed by atoms with van der Waals surface area (Å²) in [4.78, 5) is 13.4. The third-order valence-corrected chi connectivity index (χ3v) is 3.48. The Balaban J connectivity index is 2.64. The number of unbranched alkanes of at least 4 members (excludes halogenated alkanes) is 1. The van der Waals surface area contributed by atoms with E-state index in [1.165, 1.54) is 22.7 Å². The van der Waals surface area contributed by atoms with Gasteiger partial charge in [0, 0.05) is 24.7 Å². The standard InChI is InChI=1S/C13H19FN2OS/c1-4-5-8-18-12-7-6-10(9-11(12)14)15-13(17)16(2)3/h6-7,9H,4-5,8H2,1-3H3,(H,15,17). The zero-order valence-corrected chi connectivity index (χ0v) is 11.8. The van der Waals surface area contributed by atoms with Crippen molar-refractivity contribution in [1.82, 2.24) is 4.90 Å². The number of hydrogen-bond donors (Lipinski definition) is 1. The number of thioether (sulfide) groups is 1. The topological polar surface area (TPSA) is 32.3 Å². The number of amides is 2. The molecule has 0 unspecified atom stereocenters. The minimum absolute atomic E-state index is 0.263. The van der Waals surface area contributed by atoms with Crippen LogP contribution < -0.4 is 5.32 Å². The third kappa shape index (κ3) is 4.56. The summed E-state index contributed by atoms with van der Waals surface area (Å²) in [5.41, 5.74) is 0.478. The maximum atomic E-state index is 13.7. The minimum Gasteiger partial charge on any atom is -0.331 e. The van der Waals surface area contributed by atoms with E-state index < -0.39 is 0 Å². The zero-order valence-electron chi connectivity index (χ0n) is 11.0. The van der Waals surface area contributed by atoms with Crippen molar-refractivity contribution in [3.8, 4) is 0 Å². The number of benzene rings is 1. The van der Waals surface area contributed by atoms with Gasteiger partial charge in [-0.05, 0) is 30.4 Å².